The van der Waals surface area contributed by atoms with Gasteiger partial charge < -0.3 is 20.1 Å². The molecule has 0 saturated carbocycles. The Bertz CT molecular complexity index is 1090. The van der Waals surface area contributed by atoms with Gasteiger partial charge in [-0.05, 0) is 55.5 Å². The summed E-state index contributed by atoms with van der Waals surface area (Å²) in [6, 6.07) is 21.8. The summed E-state index contributed by atoms with van der Waals surface area (Å²) in [7, 11) is 0. The van der Waals surface area contributed by atoms with E-state index in [1.807, 2.05) is 25.1 Å². The molecule has 0 fully saturated rings. The maximum absolute atomic E-state index is 12.3. The van der Waals surface area contributed by atoms with E-state index in [-0.39, 0.29) is 6.61 Å². The number of amides is 4. The topological polar surface area (TPSA) is 118 Å². The van der Waals surface area contributed by atoms with E-state index in [9.17, 15) is 14.4 Å². The number of hydrogen-bond acceptors (Lipinski definition) is 5. The van der Waals surface area contributed by atoms with E-state index in [1.165, 1.54) is 12.1 Å². The number of carbonyl (C=O) groups is 3. The van der Waals surface area contributed by atoms with E-state index in [0.29, 0.717) is 35.0 Å². The highest BCUT2D eigenvalue weighted by atomic mass is 16.5. The molecule has 0 radical (unpaired) electrons. The van der Waals surface area contributed by atoms with Crippen molar-refractivity contribution in [2.75, 3.05) is 23.8 Å². The molecule has 3 aromatic rings. The molecule has 0 aliphatic carbocycles. The van der Waals surface area contributed by atoms with Crippen LogP contribution in [0.15, 0.2) is 78.9 Å². The number of para-hydroxylation sites is 3. The van der Waals surface area contributed by atoms with Crippen molar-refractivity contribution in [2.45, 2.75) is 6.92 Å². The van der Waals surface area contributed by atoms with E-state index in [2.05, 4.69) is 21.5 Å². The van der Waals surface area contributed by atoms with Crippen LogP contribution in [0.4, 0.5) is 16.2 Å². The minimum absolute atomic E-state index is 0.298. The highest BCUT2D eigenvalue weighted by molar-refractivity contribution is 6.00. The monoisotopic (exact) mass is 448 g/mol. The second kappa shape index (κ2) is 11.8. The Morgan fingerprint density at radius 1 is 0.697 bits per heavy atom. The van der Waals surface area contributed by atoms with Crippen molar-refractivity contribution in [1.29, 1.82) is 0 Å². The van der Waals surface area contributed by atoms with Crippen molar-refractivity contribution < 1.29 is 23.9 Å². The fourth-order valence-corrected chi connectivity index (χ4v) is 2.74. The molecule has 0 aliphatic rings. The van der Waals surface area contributed by atoms with Gasteiger partial charge in [-0.2, -0.15) is 0 Å². The number of nitrogens with one attached hydrogen (secondary N) is 4. The molecule has 9 nitrogen and oxygen atoms in total. The lowest BCUT2D eigenvalue weighted by molar-refractivity contribution is -0.123. The number of carbonyl (C=O) groups excluding carboxylic acids is 3. The average molecular weight is 448 g/mol. The quantitative estimate of drug-likeness (QED) is 0.393. The molecule has 0 atom stereocenters. The smallest absolute Gasteiger partial charge is 0.323 e. The Morgan fingerprint density at radius 3 is 1.91 bits per heavy atom. The normalized spacial score (nSPS) is 9.97. The maximum Gasteiger partial charge on any atom is 0.323 e. The predicted molar refractivity (Wildman–Crippen MR) is 124 cm³/mol. The Balaban J connectivity index is 1.43. The molecule has 9 heteroatoms. The Kier molecular flexibility index (Phi) is 8.24. The largest absolute Gasteiger partial charge is 0.490 e. The molecule has 170 valence electrons. The van der Waals surface area contributed by atoms with Gasteiger partial charge in [-0.3, -0.25) is 20.4 Å². The zero-order chi connectivity index (χ0) is 23.5. The molecule has 3 aromatic carbocycles. The molecule has 0 unspecified atom stereocenters. The third-order valence-corrected chi connectivity index (χ3v) is 4.26. The minimum Gasteiger partial charge on any atom is -0.490 e. The maximum atomic E-state index is 12.3. The molecule has 3 rings (SSSR count). The summed E-state index contributed by atoms with van der Waals surface area (Å²) in [5, 5.41) is 5.37. The van der Waals surface area contributed by atoms with Crippen LogP contribution in [-0.4, -0.2) is 31.1 Å². The van der Waals surface area contributed by atoms with Crippen molar-refractivity contribution in [3.05, 3.63) is 84.4 Å². The minimum atomic E-state index is -0.537. The van der Waals surface area contributed by atoms with Gasteiger partial charge in [0.2, 0.25) is 0 Å². The molecular weight excluding hydrogens is 424 g/mol. The highest BCUT2D eigenvalue weighted by Crippen LogP contribution is 2.26. The SMILES string of the molecule is CCOc1ccccc1OCC(=O)NNC(=O)c1ccc(NC(=O)Nc2ccccc2)cc1. The lowest BCUT2D eigenvalue weighted by Gasteiger charge is -2.12. The van der Waals surface area contributed by atoms with Crippen LogP contribution >= 0.6 is 0 Å². The molecule has 4 amide bonds. The first-order valence-electron chi connectivity index (χ1n) is 10.2. The van der Waals surface area contributed by atoms with E-state index < -0.39 is 17.8 Å². The lowest BCUT2D eigenvalue weighted by atomic mass is 10.2. The van der Waals surface area contributed by atoms with Gasteiger partial charge in [-0.1, -0.05) is 30.3 Å². The summed E-state index contributed by atoms with van der Waals surface area (Å²) in [5.41, 5.74) is 6.07. The molecule has 0 aromatic heterocycles. The number of hydrazine groups is 1. The van der Waals surface area contributed by atoms with Gasteiger partial charge in [0.25, 0.3) is 11.8 Å². The van der Waals surface area contributed by atoms with Gasteiger partial charge in [0.15, 0.2) is 18.1 Å². The third-order valence-electron chi connectivity index (χ3n) is 4.26. The number of hydrogen-bond donors (Lipinski definition) is 4. The van der Waals surface area contributed by atoms with Crippen LogP contribution in [0, 0.1) is 0 Å². The molecule has 0 aliphatic heterocycles. The summed E-state index contributed by atoms with van der Waals surface area (Å²) in [4.78, 5) is 36.3. The lowest BCUT2D eigenvalue weighted by Crippen LogP contribution is -2.43. The van der Waals surface area contributed by atoms with Gasteiger partial charge in [0, 0.05) is 16.9 Å². The highest BCUT2D eigenvalue weighted by Gasteiger charge is 2.10. The van der Waals surface area contributed by atoms with Gasteiger partial charge in [0.05, 0.1) is 6.61 Å². The Hall–Kier alpha value is -4.53. The van der Waals surface area contributed by atoms with E-state index >= 15 is 0 Å². The summed E-state index contributed by atoms with van der Waals surface area (Å²) in [6.45, 7) is 2.01. The van der Waals surface area contributed by atoms with Crippen LogP contribution < -0.4 is 31.0 Å². The first-order valence-corrected chi connectivity index (χ1v) is 10.2. The standard InChI is InChI=1S/C24H24N4O5/c1-2-32-20-10-6-7-11-21(20)33-16-22(29)27-28-23(30)17-12-14-19(15-13-17)26-24(31)25-18-8-4-3-5-9-18/h3-15H,2,16H2,1H3,(H,27,29)(H,28,30)(H2,25,26,31). The summed E-state index contributed by atoms with van der Waals surface area (Å²) < 4.78 is 10.9. The second-order valence-corrected chi connectivity index (χ2v) is 6.69. The number of ether oxygens (including phenoxy) is 2. The Labute approximate surface area is 191 Å². The number of benzene rings is 3. The van der Waals surface area contributed by atoms with Crippen LogP contribution in [-0.2, 0) is 4.79 Å². The van der Waals surface area contributed by atoms with Gasteiger partial charge in [0.1, 0.15) is 0 Å². The number of rotatable bonds is 8. The van der Waals surface area contributed by atoms with Crippen LogP contribution in [0.5, 0.6) is 11.5 Å². The number of urea groups is 1. The average Bonchev–Trinajstić information content (AvgIpc) is 2.83. The van der Waals surface area contributed by atoms with Crippen molar-refractivity contribution in [3.63, 3.8) is 0 Å². The second-order valence-electron chi connectivity index (χ2n) is 6.69. The zero-order valence-electron chi connectivity index (χ0n) is 18.0. The third kappa shape index (κ3) is 7.28. The fourth-order valence-electron chi connectivity index (χ4n) is 2.74. The van der Waals surface area contributed by atoms with Crippen molar-refractivity contribution in [1.82, 2.24) is 10.9 Å². The summed E-state index contributed by atoms with van der Waals surface area (Å²) in [6.07, 6.45) is 0. The molecule has 0 spiro atoms. The van der Waals surface area contributed by atoms with Crippen molar-refractivity contribution in [2.24, 2.45) is 0 Å². The van der Waals surface area contributed by atoms with Gasteiger partial charge >= 0.3 is 6.03 Å². The van der Waals surface area contributed by atoms with Gasteiger partial charge in [-0.15, -0.1) is 0 Å². The number of anilines is 2. The van der Waals surface area contributed by atoms with Crippen LogP contribution in [0.25, 0.3) is 0 Å². The zero-order valence-corrected chi connectivity index (χ0v) is 18.0. The van der Waals surface area contributed by atoms with Crippen LogP contribution in [0.1, 0.15) is 17.3 Å². The first kappa shape index (κ1) is 23.1. The summed E-state index contributed by atoms with van der Waals surface area (Å²) in [5.74, 6) is -0.0907. The summed E-state index contributed by atoms with van der Waals surface area (Å²) >= 11 is 0. The van der Waals surface area contributed by atoms with Crippen LogP contribution in [0.3, 0.4) is 0 Å². The molecule has 33 heavy (non-hydrogen) atoms. The molecule has 4 N–H and O–H groups in total. The van der Waals surface area contributed by atoms with Crippen LogP contribution in [0.2, 0.25) is 0 Å². The van der Waals surface area contributed by atoms with Gasteiger partial charge in [-0.25, -0.2) is 4.79 Å². The molecule has 0 saturated heterocycles. The van der Waals surface area contributed by atoms with E-state index in [1.54, 1.807) is 48.5 Å². The van der Waals surface area contributed by atoms with E-state index in [0.717, 1.165) is 0 Å². The van der Waals surface area contributed by atoms with Crippen molar-refractivity contribution in [3.8, 4) is 11.5 Å². The van der Waals surface area contributed by atoms with E-state index in [4.69, 9.17) is 9.47 Å². The molecule has 0 heterocycles. The van der Waals surface area contributed by atoms with Crippen molar-refractivity contribution >= 4 is 29.2 Å². The Morgan fingerprint density at radius 2 is 1.27 bits per heavy atom. The first-order chi connectivity index (χ1) is 16.0. The fraction of sp³-hybridized carbons (Fsp3) is 0.125. The molecular formula is C24H24N4O5. The predicted octanol–water partition coefficient (Wildman–Crippen LogP) is 3.57. The molecule has 0 bridgehead atoms.